The molecular formula is C18H21N3O5. The van der Waals surface area contributed by atoms with Crippen molar-refractivity contribution in [2.24, 2.45) is 0 Å². The van der Waals surface area contributed by atoms with Gasteiger partial charge in [0, 0.05) is 31.0 Å². The Balaban J connectivity index is 2.12. The predicted octanol–water partition coefficient (Wildman–Crippen LogP) is 3.30. The number of amides is 1. The highest BCUT2D eigenvalue weighted by molar-refractivity contribution is 6.05. The molecule has 0 spiro atoms. The van der Waals surface area contributed by atoms with Crippen LogP contribution in [0.5, 0.6) is 5.75 Å². The lowest BCUT2D eigenvalue weighted by atomic mass is 10.1. The Morgan fingerprint density at radius 1 is 1.19 bits per heavy atom. The predicted molar refractivity (Wildman–Crippen MR) is 99.0 cm³/mol. The molecule has 1 amide bonds. The van der Waals surface area contributed by atoms with E-state index in [9.17, 15) is 14.9 Å². The molecule has 138 valence electrons. The van der Waals surface area contributed by atoms with Gasteiger partial charge in [-0.1, -0.05) is 0 Å². The largest absolute Gasteiger partial charge is 0.494 e. The summed E-state index contributed by atoms with van der Waals surface area (Å²) < 4.78 is 10.3. The first-order valence-electron chi connectivity index (χ1n) is 8.10. The first-order valence-corrected chi connectivity index (χ1v) is 8.10. The summed E-state index contributed by atoms with van der Waals surface area (Å²) in [6.07, 6.45) is 0. The molecule has 0 radical (unpaired) electrons. The molecule has 2 aromatic rings. The van der Waals surface area contributed by atoms with Gasteiger partial charge in [0.2, 0.25) is 0 Å². The highest BCUT2D eigenvalue weighted by Crippen LogP contribution is 2.26. The summed E-state index contributed by atoms with van der Waals surface area (Å²) in [5.41, 5.74) is 0.941. The molecule has 0 bridgehead atoms. The quantitative estimate of drug-likeness (QED) is 0.404. The number of nitrogens with one attached hydrogen (secondary N) is 2. The molecule has 8 heteroatoms. The fraction of sp³-hybridized carbons (Fsp3) is 0.278. The molecule has 0 saturated heterocycles. The van der Waals surface area contributed by atoms with Crippen LogP contribution >= 0.6 is 0 Å². The molecule has 0 aliphatic rings. The Morgan fingerprint density at radius 2 is 1.92 bits per heavy atom. The van der Waals surface area contributed by atoms with E-state index < -0.39 is 10.8 Å². The third kappa shape index (κ3) is 5.18. The van der Waals surface area contributed by atoms with Gasteiger partial charge in [0.15, 0.2) is 0 Å². The lowest BCUT2D eigenvalue weighted by molar-refractivity contribution is -0.384. The van der Waals surface area contributed by atoms with E-state index in [-0.39, 0.29) is 11.3 Å². The van der Waals surface area contributed by atoms with Crippen molar-refractivity contribution in [2.75, 3.05) is 37.5 Å². The van der Waals surface area contributed by atoms with Gasteiger partial charge >= 0.3 is 0 Å². The number of methoxy groups -OCH3 is 1. The van der Waals surface area contributed by atoms with E-state index in [0.717, 1.165) is 0 Å². The molecule has 0 aliphatic heterocycles. The van der Waals surface area contributed by atoms with Crippen LogP contribution in [0.4, 0.5) is 17.1 Å². The van der Waals surface area contributed by atoms with E-state index in [1.54, 1.807) is 31.4 Å². The average Bonchev–Trinajstić information content (AvgIpc) is 2.63. The zero-order valence-corrected chi connectivity index (χ0v) is 14.7. The molecule has 0 atom stereocenters. The van der Waals surface area contributed by atoms with E-state index in [1.165, 1.54) is 18.2 Å². The van der Waals surface area contributed by atoms with Crippen LogP contribution in [0.1, 0.15) is 17.3 Å². The number of nitro groups is 1. The summed E-state index contributed by atoms with van der Waals surface area (Å²) in [6.45, 7) is 3.28. The average molecular weight is 359 g/mol. The fourth-order valence-corrected chi connectivity index (χ4v) is 2.27. The van der Waals surface area contributed by atoms with Gasteiger partial charge in [-0.3, -0.25) is 14.9 Å². The molecule has 2 N–H and O–H groups in total. The van der Waals surface area contributed by atoms with Crippen molar-refractivity contribution < 1.29 is 19.2 Å². The first-order chi connectivity index (χ1) is 12.5. The zero-order valence-electron chi connectivity index (χ0n) is 14.7. The third-order valence-electron chi connectivity index (χ3n) is 3.50. The topological polar surface area (TPSA) is 103 Å². The number of ether oxygens (including phenoxy) is 2. The number of anilines is 2. The van der Waals surface area contributed by atoms with Gasteiger partial charge in [0.1, 0.15) is 11.4 Å². The number of rotatable bonds is 9. The highest BCUT2D eigenvalue weighted by Gasteiger charge is 2.17. The summed E-state index contributed by atoms with van der Waals surface area (Å²) >= 11 is 0. The van der Waals surface area contributed by atoms with Crippen LogP contribution in [0.3, 0.4) is 0 Å². The monoisotopic (exact) mass is 359 g/mol. The van der Waals surface area contributed by atoms with E-state index in [1.807, 2.05) is 6.92 Å². The number of nitro benzene ring substituents is 1. The van der Waals surface area contributed by atoms with Gasteiger partial charge in [0.05, 0.1) is 18.1 Å². The standard InChI is InChI=1S/C18H21N3O5/c1-3-26-15-7-5-14(6-8-15)20-18(22)13-4-9-16(19-10-11-25-2)17(12-13)21(23)24/h4-9,12,19H,3,10-11H2,1-2H3,(H,20,22). The van der Waals surface area contributed by atoms with Gasteiger partial charge in [-0.2, -0.15) is 0 Å². The Kier molecular flexibility index (Phi) is 6.92. The Labute approximate surface area is 151 Å². The molecule has 0 saturated carbocycles. The van der Waals surface area contributed by atoms with Gasteiger partial charge in [-0.05, 0) is 43.3 Å². The molecule has 0 aliphatic carbocycles. The maximum Gasteiger partial charge on any atom is 0.293 e. The zero-order chi connectivity index (χ0) is 18.9. The summed E-state index contributed by atoms with van der Waals surface area (Å²) in [7, 11) is 1.55. The summed E-state index contributed by atoms with van der Waals surface area (Å²) in [6, 6.07) is 11.2. The van der Waals surface area contributed by atoms with Crippen LogP contribution in [0.15, 0.2) is 42.5 Å². The lowest BCUT2D eigenvalue weighted by Gasteiger charge is -2.09. The van der Waals surface area contributed by atoms with Gasteiger partial charge < -0.3 is 20.1 Å². The number of benzene rings is 2. The second kappa shape index (κ2) is 9.38. The van der Waals surface area contributed by atoms with Crippen molar-refractivity contribution in [3.8, 4) is 5.75 Å². The Hall–Kier alpha value is -3.13. The van der Waals surface area contributed by atoms with Crippen molar-refractivity contribution in [2.45, 2.75) is 6.92 Å². The van der Waals surface area contributed by atoms with Crippen LogP contribution in [-0.4, -0.2) is 37.7 Å². The third-order valence-corrected chi connectivity index (χ3v) is 3.50. The second-order valence-corrected chi connectivity index (χ2v) is 5.32. The minimum Gasteiger partial charge on any atom is -0.494 e. The number of carbonyl (C=O) groups is 1. The lowest BCUT2D eigenvalue weighted by Crippen LogP contribution is -2.13. The van der Waals surface area contributed by atoms with E-state index in [2.05, 4.69) is 10.6 Å². The van der Waals surface area contributed by atoms with Crippen LogP contribution in [-0.2, 0) is 4.74 Å². The van der Waals surface area contributed by atoms with Crippen LogP contribution in [0, 0.1) is 10.1 Å². The molecule has 8 nitrogen and oxygen atoms in total. The van der Waals surface area contributed by atoms with Crippen molar-refractivity contribution >= 4 is 23.0 Å². The maximum absolute atomic E-state index is 12.4. The van der Waals surface area contributed by atoms with Crippen molar-refractivity contribution in [3.05, 3.63) is 58.1 Å². The van der Waals surface area contributed by atoms with Crippen molar-refractivity contribution in [1.82, 2.24) is 0 Å². The van der Waals surface area contributed by atoms with Crippen LogP contribution in [0.25, 0.3) is 0 Å². The molecule has 2 rings (SSSR count). The van der Waals surface area contributed by atoms with Crippen molar-refractivity contribution in [1.29, 1.82) is 0 Å². The number of carbonyl (C=O) groups excluding carboxylic acids is 1. The van der Waals surface area contributed by atoms with Crippen LogP contribution < -0.4 is 15.4 Å². The number of hydrogen-bond donors (Lipinski definition) is 2. The maximum atomic E-state index is 12.4. The normalized spacial score (nSPS) is 10.2. The molecule has 2 aromatic carbocycles. The molecular weight excluding hydrogens is 338 g/mol. The second-order valence-electron chi connectivity index (χ2n) is 5.32. The number of hydrogen-bond acceptors (Lipinski definition) is 6. The summed E-state index contributed by atoms with van der Waals surface area (Å²) in [5.74, 6) is 0.272. The molecule has 0 fully saturated rings. The van der Waals surface area contributed by atoms with Crippen LogP contribution in [0.2, 0.25) is 0 Å². The SMILES string of the molecule is CCOc1ccc(NC(=O)c2ccc(NCCOC)c([N+](=O)[O-])c2)cc1. The summed E-state index contributed by atoms with van der Waals surface area (Å²) in [4.78, 5) is 23.1. The smallest absolute Gasteiger partial charge is 0.293 e. The minimum absolute atomic E-state index is 0.166. The molecule has 0 heterocycles. The highest BCUT2D eigenvalue weighted by atomic mass is 16.6. The number of nitrogens with zero attached hydrogens (tertiary/aromatic N) is 1. The molecule has 26 heavy (non-hydrogen) atoms. The van der Waals surface area contributed by atoms with Gasteiger partial charge in [0.25, 0.3) is 11.6 Å². The first kappa shape index (κ1) is 19.2. The van der Waals surface area contributed by atoms with E-state index in [0.29, 0.717) is 36.9 Å². The van der Waals surface area contributed by atoms with E-state index in [4.69, 9.17) is 9.47 Å². The molecule has 0 aromatic heterocycles. The van der Waals surface area contributed by atoms with Crippen molar-refractivity contribution in [3.63, 3.8) is 0 Å². The fourth-order valence-electron chi connectivity index (χ4n) is 2.27. The van der Waals surface area contributed by atoms with Gasteiger partial charge in [-0.25, -0.2) is 0 Å². The Bertz CT molecular complexity index is 762. The Morgan fingerprint density at radius 3 is 2.54 bits per heavy atom. The minimum atomic E-state index is -0.525. The van der Waals surface area contributed by atoms with E-state index >= 15 is 0 Å². The van der Waals surface area contributed by atoms with Gasteiger partial charge in [-0.15, -0.1) is 0 Å². The summed E-state index contributed by atoms with van der Waals surface area (Å²) in [5, 5.41) is 16.9. The molecule has 0 unspecified atom stereocenters.